The van der Waals surface area contributed by atoms with Crippen molar-refractivity contribution >= 4 is 0 Å². The Morgan fingerprint density at radius 3 is 2.16 bits per heavy atom. The normalized spacial score (nSPS) is 11.7. The summed E-state index contributed by atoms with van der Waals surface area (Å²) in [5.41, 5.74) is -0.127. The fourth-order valence-corrected chi connectivity index (χ4v) is 2.30. The second-order valence-corrected chi connectivity index (χ2v) is 5.71. The second kappa shape index (κ2) is 7.25. The Morgan fingerprint density at radius 2 is 1.68 bits per heavy atom. The highest BCUT2D eigenvalue weighted by Gasteiger charge is 2.31. The average molecular weight is 358 g/mol. The van der Waals surface area contributed by atoms with Gasteiger partial charge in [0.2, 0.25) is 11.8 Å². The molecule has 0 aliphatic carbocycles. The largest absolute Gasteiger partial charge is 0.480 e. The van der Waals surface area contributed by atoms with E-state index in [1.54, 1.807) is 0 Å². The number of benzene rings is 1. The van der Waals surface area contributed by atoms with E-state index in [0.717, 1.165) is 12.1 Å². The third kappa shape index (κ3) is 4.18. The minimum absolute atomic E-state index is 0.0215. The molecule has 0 atom stereocenters. The summed E-state index contributed by atoms with van der Waals surface area (Å²) in [4.78, 5) is 8.62. The van der Waals surface area contributed by atoms with Crippen molar-refractivity contribution in [1.29, 1.82) is 0 Å². The van der Waals surface area contributed by atoms with Gasteiger partial charge in [-0.25, -0.2) is 14.4 Å². The van der Waals surface area contributed by atoms with Crippen molar-refractivity contribution in [1.82, 2.24) is 9.97 Å². The van der Waals surface area contributed by atoms with E-state index in [1.165, 1.54) is 14.2 Å². The Bertz CT molecular complexity index is 761. The van der Waals surface area contributed by atoms with Gasteiger partial charge in [-0.15, -0.1) is 0 Å². The molecule has 8 heteroatoms. The van der Waals surface area contributed by atoms with Crippen LogP contribution >= 0.6 is 0 Å². The van der Waals surface area contributed by atoms with E-state index >= 15 is 0 Å². The summed E-state index contributed by atoms with van der Waals surface area (Å²) in [7, 11) is 2.83. The van der Waals surface area contributed by atoms with Gasteiger partial charge in [0.05, 0.1) is 19.8 Å². The molecule has 0 N–H and O–H groups in total. The number of nitrogens with zero attached hydrogens (tertiary/aromatic N) is 2. The van der Waals surface area contributed by atoms with Gasteiger partial charge in [-0.2, -0.15) is 13.2 Å². The predicted octanol–water partition coefficient (Wildman–Crippen LogP) is 4.37. The van der Waals surface area contributed by atoms with Gasteiger partial charge in [0.25, 0.3) is 0 Å². The smallest absolute Gasteiger partial charge is 0.416 e. The van der Waals surface area contributed by atoms with Crippen LogP contribution in [-0.2, 0) is 12.6 Å². The van der Waals surface area contributed by atoms with Crippen LogP contribution in [0.2, 0.25) is 0 Å². The number of ether oxygens (including phenoxy) is 2. The molecule has 0 saturated heterocycles. The first-order valence-corrected chi connectivity index (χ1v) is 7.51. The number of halogens is 4. The number of aromatic nitrogens is 2. The van der Waals surface area contributed by atoms with Crippen molar-refractivity contribution in [2.24, 2.45) is 0 Å². The molecule has 1 aromatic heterocycles. The van der Waals surface area contributed by atoms with Crippen LogP contribution < -0.4 is 9.47 Å². The summed E-state index contributed by atoms with van der Waals surface area (Å²) in [6, 6.07) is 2.38. The number of hydrogen-bond acceptors (Lipinski definition) is 4. The molecule has 2 rings (SSSR count). The Morgan fingerprint density at radius 1 is 1.04 bits per heavy atom. The quantitative estimate of drug-likeness (QED) is 0.745. The molecule has 0 aliphatic heterocycles. The van der Waals surface area contributed by atoms with Crippen LogP contribution in [0.5, 0.6) is 11.8 Å². The lowest BCUT2D eigenvalue weighted by molar-refractivity contribution is -0.137. The van der Waals surface area contributed by atoms with Crippen LogP contribution in [0.25, 0.3) is 0 Å². The molecule has 0 unspecified atom stereocenters. The van der Waals surface area contributed by atoms with Crippen molar-refractivity contribution < 1.29 is 27.0 Å². The maximum absolute atomic E-state index is 14.1. The van der Waals surface area contributed by atoms with E-state index in [-0.39, 0.29) is 35.4 Å². The molecular weight excluding hydrogens is 340 g/mol. The third-order valence-corrected chi connectivity index (χ3v) is 3.60. The van der Waals surface area contributed by atoms with Crippen LogP contribution in [-0.4, -0.2) is 24.2 Å². The van der Waals surface area contributed by atoms with E-state index in [4.69, 9.17) is 9.47 Å². The average Bonchev–Trinajstić information content (AvgIpc) is 2.54. The van der Waals surface area contributed by atoms with E-state index in [0.29, 0.717) is 11.8 Å². The molecule has 2 aromatic rings. The maximum atomic E-state index is 14.1. The molecule has 0 amide bonds. The molecule has 0 aliphatic rings. The Balaban J connectivity index is 2.43. The van der Waals surface area contributed by atoms with Crippen molar-refractivity contribution in [3.05, 3.63) is 46.5 Å². The first kappa shape index (κ1) is 19.0. The summed E-state index contributed by atoms with van der Waals surface area (Å²) < 4.78 is 62.4. The molecule has 0 radical (unpaired) electrons. The van der Waals surface area contributed by atoms with E-state index < -0.39 is 17.6 Å². The topological polar surface area (TPSA) is 44.2 Å². The lowest BCUT2D eigenvalue weighted by atomic mass is 10.1. The summed E-state index contributed by atoms with van der Waals surface area (Å²) in [5, 5.41) is 0. The summed E-state index contributed by atoms with van der Waals surface area (Å²) in [6.45, 7) is 3.81. The first-order chi connectivity index (χ1) is 11.7. The molecule has 136 valence electrons. The summed E-state index contributed by atoms with van der Waals surface area (Å²) >= 11 is 0. The maximum Gasteiger partial charge on any atom is 0.416 e. The van der Waals surface area contributed by atoms with Crippen LogP contribution in [0.1, 0.15) is 42.3 Å². The lowest BCUT2D eigenvalue weighted by Crippen LogP contribution is -2.09. The number of hydrogen-bond donors (Lipinski definition) is 0. The molecule has 0 bridgehead atoms. The van der Waals surface area contributed by atoms with E-state index in [1.807, 2.05) is 13.8 Å². The van der Waals surface area contributed by atoms with Gasteiger partial charge in [-0.1, -0.05) is 19.9 Å². The van der Waals surface area contributed by atoms with Crippen molar-refractivity contribution in [3.63, 3.8) is 0 Å². The zero-order valence-electron chi connectivity index (χ0n) is 14.2. The van der Waals surface area contributed by atoms with Gasteiger partial charge in [0.15, 0.2) is 0 Å². The molecule has 4 nitrogen and oxygen atoms in total. The summed E-state index contributed by atoms with van der Waals surface area (Å²) in [6.07, 6.45) is -4.67. The van der Waals surface area contributed by atoms with Gasteiger partial charge in [-0.3, -0.25) is 0 Å². The van der Waals surface area contributed by atoms with Gasteiger partial charge in [0.1, 0.15) is 17.2 Å². The monoisotopic (exact) mass is 358 g/mol. The fourth-order valence-electron chi connectivity index (χ4n) is 2.30. The van der Waals surface area contributed by atoms with Gasteiger partial charge >= 0.3 is 6.18 Å². The van der Waals surface area contributed by atoms with Crippen LogP contribution in [0.15, 0.2) is 18.2 Å². The Kier molecular flexibility index (Phi) is 5.49. The minimum Gasteiger partial charge on any atom is -0.480 e. The number of rotatable bonds is 5. The van der Waals surface area contributed by atoms with Crippen molar-refractivity contribution in [2.75, 3.05) is 14.2 Å². The zero-order chi connectivity index (χ0) is 18.8. The molecule has 1 aromatic carbocycles. The highest BCUT2D eigenvalue weighted by Crippen LogP contribution is 2.32. The molecular formula is C17H18F4N2O2. The lowest BCUT2D eigenvalue weighted by Gasteiger charge is -2.15. The highest BCUT2D eigenvalue weighted by atomic mass is 19.4. The molecule has 0 saturated carbocycles. The fraction of sp³-hybridized carbons (Fsp3) is 0.412. The SMILES string of the molecule is COc1nc(C(C)C)c(OC)nc1Cc1ccc(C(F)(F)F)cc1F. The number of alkyl halides is 3. The minimum atomic E-state index is -4.60. The van der Waals surface area contributed by atoms with Crippen molar-refractivity contribution in [2.45, 2.75) is 32.4 Å². The van der Waals surface area contributed by atoms with E-state index in [9.17, 15) is 17.6 Å². The second-order valence-electron chi connectivity index (χ2n) is 5.71. The van der Waals surface area contributed by atoms with Crippen LogP contribution in [0, 0.1) is 5.82 Å². The molecule has 1 heterocycles. The van der Waals surface area contributed by atoms with Crippen LogP contribution in [0.3, 0.4) is 0 Å². The van der Waals surface area contributed by atoms with Gasteiger partial charge < -0.3 is 9.47 Å². The van der Waals surface area contributed by atoms with Crippen LogP contribution in [0.4, 0.5) is 17.6 Å². The third-order valence-electron chi connectivity index (χ3n) is 3.60. The van der Waals surface area contributed by atoms with Gasteiger partial charge in [0, 0.05) is 12.3 Å². The Hall–Kier alpha value is -2.38. The highest BCUT2D eigenvalue weighted by molar-refractivity contribution is 5.36. The van der Waals surface area contributed by atoms with Gasteiger partial charge in [-0.05, 0) is 17.7 Å². The molecule has 0 spiro atoms. The Labute approximate surface area is 142 Å². The summed E-state index contributed by atoms with van der Waals surface area (Å²) in [5.74, 6) is -0.485. The number of methoxy groups -OCH3 is 2. The zero-order valence-corrected chi connectivity index (χ0v) is 14.2. The standard InChI is InChI=1S/C17H18F4N2O2/c1-9(2)14-16(25-4)22-13(15(23-14)24-3)7-10-5-6-11(8-12(10)18)17(19,20)21/h5-6,8-9H,7H2,1-4H3. The van der Waals surface area contributed by atoms with Crippen molar-refractivity contribution in [3.8, 4) is 11.8 Å². The molecule has 25 heavy (non-hydrogen) atoms. The van der Waals surface area contributed by atoms with E-state index in [2.05, 4.69) is 9.97 Å². The predicted molar refractivity (Wildman–Crippen MR) is 83.4 cm³/mol. The first-order valence-electron chi connectivity index (χ1n) is 7.51. The molecule has 0 fully saturated rings.